The normalized spacial score (nSPS) is 10.7. The van der Waals surface area contributed by atoms with Crippen LogP contribution in [0.15, 0.2) is 99.6 Å². The van der Waals surface area contributed by atoms with Crippen molar-refractivity contribution in [3.63, 3.8) is 0 Å². The third-order valence-corrected chi connectivity index (χ3v) is 5.99. The molecule has 4 aromatic rings. The van der Waals surface area contributed by atoms with E-state index >= 15 is 0 Å². The molecule has 0 bridgehead atoms. The van der Waals surface area contributed by atoms with Crippen molar-refractivity contribution in [2.75, 3.05) is 6.54 Å². The number of hydrogen-bond acceptors (Lipinski definition) is 4. The molecular weight excluding hydrogens is 461 g/mol. The van der Waals surface area contributed by atoms with Crippen molar-refractivity contribution in [3.05, 3.63) is 117 Å². The van der Waals surface area contributed by atoms with Crippen LogP contribution in [0.1, 0.15) is 15.9 Å². The van der Waals surface area contributed by atoms with Gasteiger partial charge in [0, 0.05) is 28.1 Å². The number of nitrogens with zero attached hydrogens (tertiary/aromatic N) is 2. The SMILES string of the molecule is O=C(NCCc1ccc(Cl)cc1)c1ccc(-n2nc(Sc3ccc(F)cc3)ccc2=O)cc1. The van der Waals surface area contributed by atoms with Gasteiger partial charge in [0.25, 0.3) is 11.5 Å². The molecule has 0 aliphatic rings. The largest absolute Gasteiger partial charge is 0.352 e. The Morgan fingerprint density at radius 2 is 1.64 bits per heavy atom. The van der Waals surface area contributed by atoms with Gasteiger partial charge in [-0.05, 0) is 78.7 Å². The Labute approximate surface area is 199 Å². The van der Waals surface area contributed by atoms with Crippen LogP contribution in [0, 0.1) is 5.82 Å². The van der Waals surface area contributed by atoms with Crippen LogP contribution in [0.2, 0.25) is 5.02 Å². The first-order valence-corrected chi connectivity index (χ1v) is 11.3. The van der Waals surface area contributed by atoms with Gasteiger partial charge in [-0.2, -0.15) is 9.78 Å². The Hall–Kier alpha value is -3.42. The monoisotopic (exact) mass is 479 g/mol. The number of carbonyl (C=O) groups excluding carboxylic acids is 1. The first-order chi connectivity index (χ1) is 16.0. The highest BCUT2D eigenvalue weighted by atomic mass is 35.5. The van der Waals surface area contributed by atoms with Crippen molar-refractivity contribution in [1.29, 1.82) is 0 Å². The van der Waals surface area contributed by atoms with Crippen molar-refractivity contribution in [2.45, 2.75) is 16.3 Å². The van der Waals surface area contributed by atoms with Gasteiger partial charge in [-0.15, -0.1) is 0 Å². The number of halogens is 2. The molecule has 1 N–H and O–H groups in total. The second-order valence-electron chi connectivity index (χ2n) is 7.16. The van der Waals surface area contributed by atoms with E-state index in [-0.39, 0.29) is 17.3 Å². The van der Waals surface area contributed by atoms with Crippen molar-refractivity contribution >= 4 is 29.3 Å². The lowest BCUT2D eigenvalue weighted by molar-refractivity contribution is 0.0954. The maximum absolute atomic E-state index is 13.1. The van der Waals surface area contributed by atoms with Gasteiger partial charge in [0.15, 0.2) is 0 Å². The van der Waals surface area contributed by atoms with E-state index in [1.54, 1.807) is 42.5 Å². The zero-order chi connectivity index (χ0) is 23.2. The molecule has 0 radical (unpaired) electrons. The summed E-state index contributed by atoms with van der Waals surface area (Å²) in [5, 5.41) is 8.54. The summed E-state index contributed by atoms with van der Waals surface area (Å²) in [6, 6.07) is 23.2. The average molecular weight is 480 g/mol. The van der Waals surface area contributed by atoms with Gasteiger partial charge in [0.2, 0.25) is 0 Å². The Kier molecular flexibility index (Phi) is 7.22. The predicted octanol–water partition coefficient (Wildman–Crippen LogP) is 5.15. The molecule has 0 fully saturated rings. The van der Waals surface area contributed by atoms with Gasteiger partial charge in [-0.1, -0.05) is 35.5 Å². The molecule has 0 spiro atoms. The second kappa shape index (κ2) is 10.5. The highest BCUT2D eigenvalue weighted by Crippen LogP contribution is 2.25. The van der Waals surface area contributed by atoms with Gasteiger partial charge in [0.1, 0.15) is 10.8 Å². The van der Waals surface area contributed by atoms with E-state index in [1.165, 1.54) is 34.6 Å². The van der Waals surface area contributed by atoms with Crippen LogP contribution in [0.4, 0.5) is 4.39 Å². The number of hydrogen-bond donors (Lipinski definition) is 1. The molecule has 5 nitrogen and oxygen atoms in total. The summed E-state index contributed by atoms with van der Waals surface area (Å²) in [5.74, 6) is -0.511. The van der Waals surface area contributed by atoms with Gasteiger partial charge >= 0.3 is 0 Å². The summed E-state index contributed by atoms with van der Waals surface area (Å²) in [6.45, 7) is 0.492. The van der Waals surface area contributed by atoms with Crippen molar-refractivity contribution in [2.24, 2.45) is 0 Å². The van der Waals surface area contributed by atoms with E-state index in [0.29, 0.717) is 34.3 Å². The number of rotatable bonds is 7. The van der Waals surface area contributed by atoms with Crippen molar-refractivity contribution in [3.8, 4) is 5.69 Å². The summed E-state index contributed by atoms with van der Waals surface area (Å²) in [7, 11) is 0. The summed E-state index contributed by atoms with van der Waals surface area (Å²) in [5.41, 5.74) is 1.82. The fourth-order valence-corrected chi connectivity index (χ4v) is 3.98. The molecule has 0 saturated heterocycles. The minimum absolute atomic E-state index is 0.198. The lowest BCUT2D eigenvalue weighted by Crippen LogP contribution is -2.26. The summed E-state index contributed by atoms with van der Waals surface area (Å²) >= 11 is 7.20. The first-order valence-electron chi connectivity index (χ1n) is 10.1. The average Bonchev–Trinajstić information content (AvgIpc) is 2.83. The first kappa shape index (κ1) is 22.8. The zero-order valence-electron chi connectivity index (χ0n) is 17.4. The molecule has 4 rings (SSSR count). The number of benzene rings is 3. The third-order valence-electron chi connectivity index (χ3n) is 4.80. The number of aromatic nitrogens is 2. The van der Waals surface area contributed by atoms with E-state index in [1.807, 2.05) is 24.3 Å². The maximum Gasteiger partial charge on any atom is 0.271 e. The summed E-state index contributed by atoms with van der Waals surface area (Å²) < 4.78 is 14.4. The third kappa shape index (κ3) is 6.09. The molecule has 1 heterocycles. The standard InChI is InChI=1S/C25H19ClFN3O2S/c26-19-5-1-17(2-6-19)15-16-28-25(32)18-3-9-21(10-4-18)30-24(31)14-13-23(29-30)33-22-11-7-20(27)8-12-22/h1-14H,15-16H2,(H,28,32). The van der Waals surface area contributed by atoms with E-state index in [2.05, 4.69) is 10.4 Å². The van der Waals surface area contributed by atoms with Crippen molar-refractivity contribution < 1.29 is 9.18 Å². The van der Waals surface area contributed by atoms with Gasteiger partial charge in [0.05, 0.1) is 5.69 Å². The fraction of sp³-hybridized carbons (Fsp3) is 0.0800. The number of nitrogens with one attached hydrogen (secondary N) is 1. The fourth-order valence-electron chi connectivity index (χ4n) is 3.08. The molecule has 0 aliphatic heterocycles. The van der Waals surface area contributed by atoms with Crippen molar-refractivity contribution in [1.82, 2.24) is 15.1 Å². The molecular formula is C25H19ClFN3O2S. The molecule has 0 saturated carbocycles. The molecule has 1 amide bonds. The van der Waals surface area contributed by atoms with E-state index in [9.17, 15) is 14.0 Å². The molecule has 0 unspecified atom stereocenters. The minimum atomic E-state index is -0.314. The molecule has 8 heteroatoms. The van der Waals surface area contributed by atoms with Crippen LogP contribution < -0.4 is 10.9 Å². The van der Waals surface area contributed by atoms with Crippen LogP contribution >= 0.6 is 23.4 Å². The Balaban J connectivity index is 1.41. The second-order valence-corrected chi connectivity index (χ2v) is 8.69. The molecule has 166 valence electrons. The topological polar surface area (TPSA) is 64.0 Å². The van der Waals surface area contributed by atoms with Gasteiger partial charge < -0.3 is 5.32 Å². The van der Waals surface area contributed by atoms with Crippen LogP contribution in [-0.4, -0.2) is 22.2 Å². The summed E-state index contributed by atoms with van der Waals surface area (Å²) in [4.78, 5) is 25.6. The highest BCUT2D eigenvalue weighted by Gasteiger charge is 2.09. The highest BCUT2D eigenvalue weighted by molar-refractivity contribution is 7.99. The molecule has 33 heavy (non-hydrogen) atoms. The lowest BCUT2D eigenvalue weighted by atomic mass is 10.1. The zero-order valence-corrected chi connectivity index (χ0v) is 18.9. The maximum atomic E-state index is 13.1. The van der Waals surface area contributed by atoms with E-state index in [0.717, 1.165) is 10.5 Å². The smallest absolute Gasteiger partial charge is 0.271 e. The number of amides is 1. The lowest BCUT2D eigenvalue weighted by Gasteiger charge is -2.09. The molecule has 0 aliphatic carbocycles. The van der Waals surface area contributed by atoms with Gasteiger partial charge in [-0.3, -0.25) is 9.59 Å². The summed E-state index contributed by atoms with van der Waals surface area (Å²) in [6.07, 6.45) is 0.693. The Morgan fingerprint density at radius 3 is 2.33 bits per heavy atom. The van der Waals surface area contributed by atoms with E-state index in [4.69, 9.17) is 11.6 Å². The van der Waals surface area contributed by atoms with E-state index < -0.39 is 0 Å². The molecule has 1 aromatic heterocycles. The van der Waals surface area contributed by atoms with Crippen LogP contribution in [-0.2, 0) is 6.42 Å². The minimum Gasteiger partial charge on any atom is -0.352 e. The van der Waals surface area contributed by atoms with Crippen LogP contribution in [0.25, 0.3) is 5.69 Å². The molecule has 3 aromatic carbocycles. The number of carbonyl (C=O) groups is 1. The van der Waals surface area contributed by atoms with Crippen LogP contribution in [0.3, 0.4) is 0 Å². The quantitative estimate of drug-likeness (QED) is 0.398. The Morgan fingerprint density at radius 1 is 0.939 bits per heavy atom. The Bertz CT molecular complexity index is 1310. The van der Waals surface area contributed by atoms with Crippen LogP contribution in [0.5, 0.6) is 0 Å². The van der Waals surface area contributed by atoms with Gasteiger partial charge in [-0.25, -0.2) is 4.39 Å². The molecule has 0 atom stereocenters. The predicted molar refractivity (Wildman–Crippen MR) is 128 cm³/mol.